The van der Waals surface area contributed by atoms with Crippen LogP contribution in [0.2, 0.25) is 0 Å². The van der Waals surface area contributed by atoms with E-state index >= 15 is 0 Å². The molecule has 0 saturated carbocycles. The number of ether oxygens (including phenoxy) is 1. The highest BCUT2D eigenvalue weighted by atomic mass is 16.5. The number of hydrogen-bond acceptors (Lipinski definition) is 3. The minimum atomic E-state index is -0.387. The highest BCUT2D eigenvalue weighted by molar-refractivity contribution is 6.04. The van der Waals surface area contributed by atoms with Gasteiger partial charge in [0, 0.05) is 18.7 Å². The smallest absolute Gasteiger partial charge is 0.229 e. The van der Waals surface area contributed by atoms with Gasteiger partial charge in [-0.15, -0.1) is 0 Å². The number of rotatable bonds is 6. The molecule has 3 rings (SSSR count). The van der Waals surface area contributed by atoms with Crippen LogP contribution in [0.25, 0.3) is 0 Å². The van der Waals surface area contributed by atoms with Gasteiger partial charge in [0.2, 0.25) is 11.8 Å². The normalized spacial score (nSPS) is 16.5. The zero-order valence-corrected chi connectivity index (χ0v) is 17.0. The number of amides is 2. The average Bonchev–Trinajstić information content (AvgIpc) is 3.05. The molecule has 2 amide bonds. The topological polar surface area (TPSA) is 58.6 Å². The Balaban J connectivity index is 1.79. The molecule has 0 bridgehead atoms. The van der Waals surface area contributed by atoms with Crippen LogP contribution < -0.4 is 15.0 Å². The van der Waals surface area contributed by atoms with Gasteiger partial charge < -0.3 is 15.0 Å². The number of para-hydroxylation sites is 3. The number of nitrogens with zero attached hydrogens (tertiary/aromatic N) is 1. The molecule has 1 aliphatic heterocycles. The maximum atomic E-state index is 13.0. The third kappa shape index (κ3) is 4.03. The zero-order valence-electron chi connectivity index (χ0n) is 17.0. The molecule has 5 nitrogen and oxygen atoms in total. The molecule has 0 aromatic heterocycles. The summed E-state index contributed by atoms with van der Waals surface area (Å²) in [5.41, 5.74) is 3.73. The minimum absolute atomic E-state index is 0.0545. The molecule has 0 aliphatic carbocycles. The van der Waals surface area contributed by atoms with Gasteiger partial charge in [-0.25, -0.2) is 0 Å². The van der Waals surface area contributed by atoms with Crippen molar-refractivity contribution in [2.75, 3.05) is 23.4 Å². The summed E-state index contributed by atoms with van der Waals surface area (Å²) >= 11 is 0. The summed E-state index contributed by atoms with van der Waals surface area (Å²) in [7, 11) is 0. The van der Waals surface area contributed by atoms with Crippen molar-refractivity contribution < 1.29 is 14.3 Å². The molecule has 148 valence electrons. The van der Waals surface area contributed by atoms with E-state index in [2.05, 4.69) is 19.2 Å². The van der Waals surface area contributed by atoms with Crippen molar-refractivity contribution in [1.29, 1.82) is 0 Å². The van der Waals surface area contributed by atoms with Crippen molar-refractivity contribution in [2.45, 2.75) is 40.0 Å². The van der Waals surface area contributed by atoms with E-state index in [4.69, 9.17) is 4.74 Å². The quantitative estimate of drug-likeness (QED) is 0.802. The van der Waals surface area contributed by atoms with Crippen LogP contribution in [-0.4, -0.2) is 25.0 Å². The Bertz CT molecular complexity index is 876. The number of aryl methyl sites for hydroxylation is 1. The monoisotopic (exact) mass is 380 g/mol. The molecule has 1 saturated heterocycles. The van der Waals surface area contributed by atoms with E-state index in [1.54, 1.807) is 4.90 Å². The maximum absolute atomic E-state index is 13.0. The molecule has 1 heterocycles. The number of anilines is 2. The predicted molar refractivity (Wildman–Crippen MR) is 112 cm³/mol. The van der Waals surface area contributed by atoms with Gasteiger partial charge in [0.25, 0.3) is 0 Å². The number of nitrogens with one attached hydrogen (secondary N) is 1. The minimum Gasteiger partial charge on any atom is -0.492 e. The molecular weight excluding hydrogens is 352 g/mol. The first kappa shape index (κ1) is 19.9. The van der Waals surface area contributed by atoms with Crippen LogP contribution >= 0.6 is 0 Å². The third-order valence-electron chi connectivity index (χ3n) is 5.13. The highest BCUT2D eigenvalue weighted by Crippen LogP contribution is 2.34. The van der Waals surface area contributed by atoms with Gasteiger partial charge in [0.15, 0.2) is 0 Å². The van der Waals surface area contributed by atoms with E-state index in [1.807, 2.05) is 56.3 Å². The first-order valence-corrected chi connectivity index (χ1v) is 9.85. The fourth-order valence-electron chi connectivity index (χ4n) is 3.64. The van der Waals surface area contributed by atoms with Crippen LogP contribution in [0.1, 0.15) is 44.2 Å². The van der Waals surface area contributed by atoms with E-state index < -0.39 is 0 Å². The van der Waals surface area contributed by atoms with Gasteiger partial charge in [0.05, 0.1) is 18.2 Å². The highest BCUT2D eigenvalue weighted by Gasteiger charge is 2.36. The second kappa shape index (κ2) is 8.46. The van der Waals surface area contributed by atoms with Gasteiger partial charge in [-0.05, 0) is 43.0 Å². The van der Waals surface area contributed by atoms with Gasteiger partial charge >= 0.3 is 0 Å². The van der Waals surface area contributed by atoms with Crippen LogP contribution in [0.5, 0.6) is 5.75 Å². The molecule has 1 N–H and O–H groups in total. The molecule has 0 radical (unpaired) electrons. The summed E-state index contributed by atoms with van der Waals surface area (Å²) in [4.78, 5) is 27.2. The summed E-state index contributed by atoms with van der Waals surface area (Å²) in [5, 5.41) is 3.09. The van der Waals surface area contributed by atoms with E-state index in [-0.39, 0.29) is 24.2 Å². The Labute approximate surface area is 166 Å². The van der Waals surface area contributed by atoms with E-state index in [9.17, 15) is 9.59 Å². The second-order valence-electron chi connectivity index (χ2n) is 7.49. The van der Waals surface area contributed by atoms with Crippen molar-refractivity contribution in [3.8, 4) is 5.75 Å². The molecule has 1 unspecified atom stereocenters. The van der Waals surface area contributed by atoms with E-state index in [1.165, 1.54) is 0 Å². The average molecular weight is 380 g/mol. The zero-order chi connectivity index (χ0) is 20.3. The van der Waals surface area contributed by atoms with E-state index in [0.717, 1.165) is 22.5 Å². The van der Waals surface area contributed by atoms with Crippen LogP contribution in [-0.2, 0) is 9.59 Å². The Morgan fingerprint density at radius 3 is 2.68 bits per heavy atom. The van der Waals surface area contributed by atoms with Gasteiger partial charge in [-0.2, -0.15) is 0 Å². The molecule has 2 aromatic carbocycles. The predicted octanol–water partition coefficient (Wildman–Crippen LogP) is 4.51. The summed E-state index contributed by atoms with van der Waals surface area (Å²) < 4.78 is 5.65. The molecule has 2 aromatic rings. The molecule has 0 spiro atoms. The van der Waals surface area contributed by atoms with Crippen LogP contribution in [0.4, 0.5) is 11.4 Å². The maximum Gasteiger partial charge on any atom is 0.229 e. The summed E-state index contributed by atoms with van der Waals surface area (Å²) in [5.74, 6) is 0.416. The largest absolute Gasteiger partial charge is 0.492 e. The van der Waals surface area contributed by atoms with Gasteiger partial charge in [-0.3, -0.25) is 9.59 Å². The molecule has 1 fully saturated rings. The summed E-state index contributed by atoms with van der Waals surface area (Å²) in [6, 6.07) is 13.5. The lowest BCUT2D eigenvalue weighted by atomic mass is 9.97. The Morgan fingerprint density at radius 1 is 1.21 bits per heavy atom. The van der Waals surface area contributed by atoms with Crippen LogP contribution in [0.3, 0.4) is 0 Å². The van der Waals surface area contributed by atoms with Crippen molar-refractivity contribution in [2.24, 2.45) is 5.92 Å². The lowest BCUT2D eigenvalue weighted by molar-refractivity contribution is -0.122. The van der Waals surface area contributed by atoms with Crippen molar-refractivity contribution >= 4 is 23.2 Å². The molecule has 28 heavy (non-hydrogen) atoms. The standard InChI is InChI=1S/C23H28N2O3/c1-5-28-20-12-7-6-11-19(20)25-14-17(13-21(25)26)23(27)24-22-16(4)9-8-10-18(22)15(2)3/h6-12,15,17H,5,13-14H2,1-4H3,(H,24,27). The number of hydrogen-bond donors (Lipinski definition) is 1. The molecule has 1 aliphatic rings. The van der Waals surface area contributed by atoms with Crippen LogP contribution in [0, 0.1) is 12.8 Å². The first-order valence-electron chi connectivity index (χ1n) is 9.85. The summed E-state index contributed by atoms with van der Waals surface area (Å²) in [6.45, 7) is 9.00. The fourth-order valence-corrected chi connectivity index (χ4v) is 3.64. The molecular formula is C23H28N2O3. The SMILES string of the molecule is CCOc1ccccc1N1CC(C(=O)Nc2c(C)cccc2C(C)C)CC1=O. The lowest BCUT2D eigenvalue weighted by Gasteiger charge is -2.21. The number of benzene rings is 2. The second-order valence-corrected chi connectivity index (χ2v) is 7.49. The van der Waals surface area contributed by atoms with Gasteiger partial charge in [-0.1, -0.05) is 44.2 Å². The number of carbonyl (C=O) groups excluding carboxylic acids is 2. The number of carbonyl (C=O) groups is 2. The molecule has 5 heteroatoms. The van der Waals surface area contributed by atoms with Crippen LogP contribution in [0.15, 0.2) is 42.5 Å². The third-order valence-corrected chi connectivity index (χ3v) is 5.13. The Hall–Kier alpha value is -2.82. The Morgan fingerprint density at radius 2 is 1.96 bits per heavy atom. The Kier molecular flexibility index (Phi) is 6.02. The van der Waals surface area contributed by atoms with E-state index in [0.29, 0.717) is 24.8 Å². The summed E-state index contributed by atoms with van der Waals surface area (Å²) in [6.07, 6.45) is 0.204. The fraction of sp³-hybridized carbons (Fsp3) is 0.391. The first-order chi connectivity index (χ1) is 13.4. The van der Waals surface area contributed by atoms with Crippen molar-refractivity contribution in [3.63, 3.8) is 0 Å². The van der Waals surface area contributed by atoms with Crippen molar-refractivity contribution in [1.82, 2.24) is 0 Å². The van der Waals surface area contributed by atoms with Gasteiger partial charge in [0.1, 0.15) is 5.75 Å². The lowest BCUT2D eigenvalue weighted by Crippen LogP contribution is -2.29. The molecule has 1 atom stereocenters. The van der Waals surface area contributed by atoms with Crippen molar-refractivity contribution in [3.05, 3.63) is 53.6 Å².